The van der Waals surface area contributed by atoms with Gasteiger partial charge in [-0.15, -0.1) is 0 Å². The Morgan fingerprint density at radius 1 is 1.21 bits per heavy atom. The van der Waals surface area contributed by atoms with Gasteiger partial charge in [0.05, 0.1) is 12.2 Å². The monoisotopic (exact) mass is 254 g/mol. The molecule has 0 fully saturated rings. The number of anilines is 1. The number of rotatable bonds is 4. The van der Waals surface area contributed by atoms with Crippen molar-refractivity contribution in [1.82, 2.24) is 15.2 Å². The van der Waals surface area contributed by atoms with Crippen molar-refractivity contribution in [3.63, 3.8) is 0 Å². The second kappa shape index (κ2) is 4.97. The maximum Gasteiger partial charge on any atom is 0.191 e. The van der Waals surface area contributed by atoms with E-state index < -0.39 is 0 Å². The van der Waals surface area contributed by atoms with E-state index in [0.717, 1.165) is 29.2 Å². The van der Waals surface area contributed by atoms with Crippen molar-refractivity contribution in [1.29, 1.82) is 0 Å². The largest absolute Gasteiger partial charge is 0.449 e. The summed E-state index contributed by atoms with van der Waals surface area (Å²) in [6.45, 7) is 2.56. The number of nitrogens with zero attached hydrogens (tertiary/aromatic N) is 2. The van der Waals surface area contributed by atoms with Crippen molar-refractivity contribution in [2.24, 2.45) is 0 Å². The van der Waals surface area contributed by atoms with Gasteiger partial charge in [0.15, 0.2) is 5.89 Å². The normalized spacial score (nSPS) is 10.6. The van der Waals surface area contributed by atoms with Crippen LogP contribution in [0, 0.1) is 6.92 Å². The summed E-state index contributed by atoms with van der Waals surface area (Å²) >= 11 is 0. The fourth-order valence-electron chi connectivity index (χ4n) is 1.84. The summed E-state index contributed by atoms with van der Waals surface area (Å²) in [6.07, 6.45) is 3.41. The first-order chi connectivity index (χ1) is 9.31. The molecule has 96 valence electrons. The molecule has 2 aromatic heterocycles. The minimum atomic E-state index is 0.677. The number of aromatic amines is 1. The van der Waals surface area contributed by atoms with E-state index in [-0.39, 0.29) is 0 Å². The van der Waals surface area contributed by atoms with Crippen LogP contribution in [0.3, 0.4) is 0 Å². The number of hydrogen-bond donors (Lipinski definition) is 2. The first-order valence-corrected chi connectivity index (χ1v) is 6.06. The summed E-state index contributed by atoms with van der Waals surface area (Å²) in [4.78, 5) is 4.30. The number of aryl methyl sites for hydroxylation is 1. The molecule has 2 heterocycles. The van der Waals surface area contributed by atoms with E-state index in [1.54, 1.807) is 12.5 Å². The zero-order valence-electron chi connectivity index (χ0n) is 10.6. The average Bonchev–Trinajstić information content (AvgIpc) is 3.08. The second-order valence-electron chi connectivity index (χ2n) is 4.26. The number of oxazole rings is 1. The zero-order chi connectivity index (χ0) is 13.1. The second-order valence-corrected chi connectivity index (χ2v) is 4.26. The van der Waals surface area contributed by atoms with Crippen molar-refractivity contribution in [3.05, 3.63) is 54.4 Å². The molecule has 0 bridgehead atoms. The van der Waals surface area contributed by atoms with Gasteiger partial charge >= 0.3 is 0 Å². The minimum absolute atomic E-state index is 0.677. The van der Waals surface area contributed by atoms with Crippen LogP contribution in [0.5, 0.6) is 0 Å². The van der Waals surface area contributed by atoms with Crippen LogP contribution in [-0.2, 0) is 6.54 Å². The predicted octanol–water partition coefficient (Wildman–Crippen LogP) is 2.99. The van der Waals surface area contributed by atoms with Crippen LogP contribution in [-0.4, -0.2) is 15.2 Å². The number of benzene rings is 1. The molecule has 0 saturated carbocycles. The predicted molar refractivity (Wildman–Crippen MR) is 72.6 cm³/mol. The van der Waals surface area contributed by atoms with Gasteiger partial charge in [-0.2, -0.15) is 5.10 Å². The van der Waals surface area contributed by atoms with E-state index in [1.165, 1.54) is 0 Å². The van der Waals surface area contributed by atoms with Crippen LogP contribution in [0.25, 0.3) is 11.3 Å². The summed E-state index contributed by atoms with van der Waals surface area (Å²) in [6, 6.07) is 10.0. The highest BCUT2D eigenvalue weighted by Gasteiger charge is 2.03. The van der Waals surface area contributed by atoms with Crippen molar-refractivity contribution < 1.29 is 4.42 Å². The highest BCUT2D eigenvalue weighted by atomic mass is 16.3. The Morgan fingerprint density at radius 3 is 2.68 bits per heavy atom. The molecule has 0 aliphatic rings. The summed E-state index contributed by atoms with van der Waals surface area (Å²) in [7, 11) is 0. The van der Waals surface area contributed by atoms with Crippen LogP contribution in [0.15, 0.2) is 47.2 Å². The molecule has 0 aliphatic carbocycles. The smallest absolute Gasteiger partial charge is 0.191 e. The lowest BCUT2D eigenvalue weighted by Gasteiger charge is -2.05. The lowest BCUT2D eigenvalue weighted by molar-refractivity contribution is 0.521. The topological polar surface area (TPSA) is 66.7 Å². The van der Waals surface area contributed by atoms with Gasteiger partial charge in [0, 0.05) is 24.4 Å². The van der Waals surface area contributed by atoms with E-state index in [4.69, 9.17) is 4.42 Å². The minimum Gasteiger partial charge on any atom is -0.449 e. The van der Waals surface area contributed by atoms with Gasteiger partial charge in [-0.25, -0.2) is 4.98 Å². The number of aromatic nitrogens is 3. The molecule has 0 amide bonds. The van der Waals surface area contributed by atoms with E-state index in [1.807, 2.05) is 37.3 Å². The Hall–Kier alpha value is -2.56. The molecule has 0 aliphatic heterocycles. The Kier molecular flexibility index (Phi) is 3.02. The van der Waals surface area contributed by atoms with E-state index in [0.29, 0.717) is 5.89 Å². The van der Waals surface area contributed by atoms with Crippen LogP contribution < -0.4 is 5.32 Å². The highest BCUT2D eigenvalue weighted by Crippen LogP contribution is 2.20. The Morgan fingerprint density at radius 2 is 2.05 bits per heavy atom. The molecule has 5 heteroatoms. The molecule has 1 aromatic carbocycles. The summed E-state index contributed by atoms with van der Waals surface area (Å²) in [5, 5.41) is 10.1. The molecule has 0 unspecified atom stereocenters. The zero-order valence-corrected chi connectivity index (χ0v) is 10.6. The summed E-state index contributed by atoms with van der Waals surface area (Å²) in [5.41, 5.74) is 4.01. The number of hydrogen-bond acceptors (Lipinski definition) is 4. The van der Waals surface area contributed by atoms with Crippen molar-refractivity contribution in [2.75, 3.05) is 5.32 Å². The Balaban J connectivity index is 1.69. The van der Waals surface area contributed by atoms with Crippen molar-refractivity contribution in [2.45, 2.75) is 13.5 Å². The number of H-pyrrole nitrogens is 1. The molecule has 0 radical (unpaired) electrons. The third kappa shape index (κ3) is 2.65. The van der Waals surface area contributed by atoms with E-state index in [2.05, 4.69) is 20.5 Å². The van der Waals surface area contributed by atoms with Crippen LogP contribution in [0.2, 0.25) is 0 Å². The van der Waals surface area contributed by atoms with Gasteiger partial charge < -0.3 is 9.73 Å². The standard InChI is InChI=1S/C14H14N4O/c1-10-17-14(9-19-10)11-2-4-12(5-3-11)15-8-13-6-7-16-18-13/h2-7,9,15H,8H2,1H3,(H,16,18). The van der Waals surface area contributed by atoms with Crippen LogP contribution >= 0.6 is 0 Å². The molecule has 2 N–H and O–H groups in total. The first kappa shape index (κ1) is 11.5. The highest BCUT2D eigenvalue weighted by molar-refractivity contribution is 5.61. The quantitative estimate of drug-likeness (QED) is 0.751. The van der Waals surface area contributed by atoms with E-state index in [9.17, 15) is 0 Å². The van der Waals surface area contributed by atoms with Gasteiger partial charge in [0.1, 0.15) is 12.0 Å². The third-order valence-corrected chi connectivity index (χ3v) is 2.84. The Labute approximate surface area is 110 Å². The number of nitrogens with one attached hydrogen (secondary N) is 2. The lowest BCUT2D eigenvalue weighted by atomic mass is 10.1. The van der Waals surface area contributed by atoms with Gasteiger partial charge in [0.25, 0.3) is 0 Å². The molecular formula is C14H14N4O. The third-order valence-electron chi connectivity index (χ3n) is 2.84. The maximum atomic E-state index is 5.21. The van der Waals surface area contributed by atoms with Crippen molar-refractivity contribution in [3.8, 4) is 11.3 Å². The average molecular weight is 254 g/mol. The SMILES string of the molecule is Cc1nc(-c2ccc(NCc3ccn[nH]3)cc2)co1. The van der Waals surface area contributed by atoms with Gasteiger partial charge in [-0.1, -0.05) is 12.1 Å². The van der Waals surface area contributed by atoms with E-state index >= 15 is 0 Å². The molecule has 3 aromatic rings. The van der Waals surface area contributed by atoms with Gasteiger partial charge in [-0.3, -0.25) is 5.10 Å². The molecule has 5 nitrogen and oxygen atoms in total. The molecule has 19 heavy (non-hydrogen) atoms. The summed E-state index contributed by atoms with van der Waals surface area (Å²) in [5.74, 6) is 0.677. The lowest BCUT2D eigenvalue weighted by Crippen LogP contribution is -1.99. The van der Waals surface area contributed by atoms with Crippen molar-refractivity contribution >= 4 is 5.69 Å². The van der Waals surface area contributed by atoms with Crippen LogP contribution in [0.4, 0.5) is 5.69 Å². The molecular weight excluding hydrogens is 240 g/mol. The van der Waals surface area contributed by atoms with Gasteiger partial charge in [-0.05, 0) is 18.2 Å². The fourth-order valence-corrected chi connectivity index (χ4v) is 1.84. The molecule has 0 atom stereocenters. The van der Waals surface area contributed by atoms with Crippen LogP contribution in [0.1, 0.15) is 11.6 Å². The maximum absolute atomic E-state index is 5.21. The Bertz CT molecular complexity index is 640. The molecule has 3 rings (SSSR count). The molecule has 0 saturated heterocycles. The van der Waals surface area contributed by atoms with Gasteiger partial charge in [0.2, 0.25) is 0 Å². The molecule has 0 spiro atoms. The fraction of sp³-hybridized carbons (Fsp3) is 0.143. The first-order valence-electron chi connectivity index (χ1n) is 6.06. The summed E-state index contributed by atoms with van der Waals surface area (Å²) < 4.78 is 5.21.